The molecule has 2 unspecified atom stereocenters. The number of hydrogen-bond donors (Lipinski definition) is 3. The van der Waals surface area contributed by atoms with Gasteiger partial charge in [-0.3, -0.25) is 9.69 Å². The SMILES string of the molecule is CCN(CC(=O)O)C1CC(NC(=O)NC2CC2(C)C(C)C)C1. The number of carboxylic acids is 1. The molecule has 0 radical (unpaired) electrons. The maximum atomic E-state index is 12.0. The number of aliphatic carboxylic acids is 1. The molecule has 126 valence electrons. The Morgan fingerprint density at radius 1 is 1.32 bits per heavy atom. The maximum Gasteiger partial charge on any atom is 0.317 e. The minimum absolute atomic E-state index is 0.0783. The molecule has 3 N–H and O–H groups in total. The summed E-state index contributed by atoms with van der Waals surface area (Å²) in [6, 6.07) is 0.631. The fourth-order valence-corrected chi connectivity index (χ4v) is 3.30. The lowest BCUT2D eigenvalue weighted by Crippen LogP contribution is -2.56. The van der Waals surface area contributed by atoms with Gasteiger partial charge in [0.25, 0.3) is 0 Å². The van der Waals surface area contributed by atoms with Crippen LogP contribution in [0.15, 0.2) is 0 Å². The molecule has 2 atom stereocenters. The van der Waals surface area contributed by atoms with Gasteiger partial charge in [-0.1, -0.05) is 27.7 Å². The quantitative estimate of drug-likeness (QED) is 0.668. The minimum Gasteiger partial charge on any atom is -0.480 e. The van der Waals surface area contributed by atoms with Gasteiger partial charge in [0, 0.05) is 18.1 Å². The van der Waals surface area contributed by atoms with Crippen molar-refractivity contribution in [1.29, 1.82) is 0 Å². The molecule has 2 fully saturated rings. The topological polar surface area (TPSA) is 81.7 Å². The summed E-state index contributed by atoms with van der Waals surface area (Å²) in [4.78, 5) is 24.7. The lowest BCUT2D eigenvalue weighted by molar-refractivity contribution is -0.139. The van der Waals surface area contributed by atoms with E-state index in [0.717, 1.165) is 25.8 Å². The Morgan fingerprint density at radius 2 is 1.95 bits per heavy atom. The molecule has 2 saturated carbocycles. The lowest BCUT2D eigenvalue weighted by Gasteiger charge is -2.42. The van der Waals surface area contributed by atoms with Crippen molar-refractivity contribution in [2.75, 3.05) is 13.1 Å². The van der Waals surface area contributed by atoms with Crippen LogP contribution in [0.25, 0.3) is 0 Å². The number of urea groups is 1. The van der Waals surface area contributed by atoms with Crippen LogP contribution in [-0.2, 0) is 4.79 Å². The van der Waals surface area contributed by atoms with E-state index >= 15 is 0 Å². The van der Waals surface area contributed by atoms with Crippen LogP contribution in [0.4, 0.5) is 4.79 Å². The van der Waals surface area contributed by atoms with Crippen molar-refractivity contribution >= 4 is 12.0 Å². The molecule has 2 amide bonds. The number of rotatable bonds is 7. The first kappa shape index (κ1) is 17.1. The minimum atomic E-state index is -0.794. The van der Waals surface area contributed by atoms with E-state index < -0.39 is 5.97 Å². The van der Waals surface area contributed by atoms with Crippen LogP contribution < -0.4 is 10.6 Å². The third-order valence-electron chi connectivity index (χ3n) is 5.61. The Balaban J connectivity index is 1.67. The molecule has 2 rings (SSSR count). The smallest absolute Gasteiger partial charge is 0.317 e. The maximum absolute atomic E-state index is 12.0. The van der Waals surface area contributed by atoms with Crippen LogP contribution in [-0.4, -0.2) is 53.2 Å². The molecule has 0 heterocycles. The highest BCUT2D eigenvalue weighted by atomic mass is 16.4. The highest BCUT2D eigenvalue weighted by molar-refractivity contribution is 5.75. The molecule has 2 aliphatic carbocycles. The summed E-state index contributed by atoms with van der Waals surface area (Å²) in [6.45, 7) is 9.37. The number of amides is 2. The average molecular weight is 311 g/mol. The highest BCUT2D eigenvalue weighted by Crippen LogP contribution is 2.51. The van der Waals surface area contributed by atoms with Crippen LogP contribution in [0.5, 0.6) is 0 Å². The Kier molecular flexibility index (Phi) is 5.00. The summed E-state index contributed by atoms with van der Waals surface area (Å²) in [5.74, 6) is -0.224. The zero-order valence-electron chi connectivity index (χ0n) is 14.1. The van der Waals surface area contributed by atoms with Crippen molar-refractivity contribution in [3.63, 3.8) is 0 Å². The van der Waals surface area contributed by atoms with E-state index in [9.17, 15) is 9.59 Å². The van der Waals surface area contributed by atoms with Crippen molar-refractivity contribution in [2.45, 2.75) is 65.1 Å². The van der Waals surface area contributed by atoms with Crippen LogP contribution >= 0.6 is 0 Å². The number of likely N-dealkylation sites (N-methyl/N-ethyl adjacent to an activating group) is 1. The number of carbonyl (C=O) groups is 2. The van der Waals surface area contributed by atoms with E-state index in [1.54, 1.807) is 0 Å². The zero-order chi connectivity index (χ0) is 16.5. The van der Waals surface area contributed by atoms with Gasteiger partial charge in [-0.05, 0) is 37.1 Å². The first-order valence-corrected chi connectivity index (χ1v) is 8.29. The van der Waals surface area contributed by atoms with Gasteiger partial charge in [-0.2, -0.15) is 0 Å². The van der Waals surface area contributed by atoms with Crippen LogP contribution in [0, 0.1) is 11.3 Å². The third-order valence-corrected chi connectivity index (χ3v) is 5.61. The summed E-state index contributed by atoms with van der Waals surface area (Å²) < 4.78 is 0. The molecular formula is C16H29N3O3. The molecule has 0 spiro atoms. The van der Waals surface area contributed by atoms with Gasteiger partial charge in [-0.15, -0.1) is 0 Å². The molecule has 22 heavy (non-hydrogen) atoms. The lowest BCUT2D eigenvalue weighted by atomic mass is 9.85. The van der Waals surface area contributed by atoms with Crippen LogP contribution in [0.2, 0.25) is 0 Å². The summed E-state index contributed by atoms with van der Waals surface area (Å²) in [7, 11) is 0. The van der Waals surface area contributed by atoms with Crippen molar-refractivity contribution in [1.82, 2.24) is 15.5 Å². The Labute approximate surface area is 132 Å². The highest BCUT2D eigenvalue weighted by Gasteiger charge is 2.53. The van der Waals surface area contributed by atoms with Gasteiger partial charge in [0.2, 0.25) is 0 Å². The molecule has 2 aliphatic rings. The van der Waals surface area contributed by atoms with E-state index in [2.05, 4.69) is 31.4 Å². The van der Waals surface area contributed by atoms with Gasteiger partial charge < -0.3 is 15.7 Å². The Hall–Kier alpha value is -1.30. The van der Waals surface area contributed by atoms with E-state index in [1.807, 2.05) is 11.8 Å². The van der Waals surface area contributed by atoms with E-state index in [1.165, 1.54) is 0 Å². The van der Waals surface area contributed by atoms with E-state index in [-0.39, 0.29) is 36.1 Å². The van der Waals surface area contributed by atoms with E-state index in [4.69, 9.17) is 5.11 Å². The molecule has 0 bridgehead atoms. The number of nitrogens with zero attached hydrogens (tertiary/aromatic N) is 1. The molecule has 0 saturated heterocycles. The second-order valence-electron chi connectivity index (χ2n) is 7.31. The normalized spacial score (nSPS) is 33.5. The molecule has 0 aromatic rings. The molecule has 6 nitrogen and oxygen atoms in total. The fourth-order valence-electron chi connectivity index (χ4n) is 3.30. The second-order valence-corrected chi connectivity index (χ2v) is 7.31. The van der Waals surface area contributed by atoms with E-state index in [0.29, 0.717) is 5.92 Å². The fraction of sp³-hybridized carbons (Fsp3) is 0.875. The monoisotopic (exact) mass is 311 g/mol. The number of hydrogen-bond acceptors (Lipinski definition) is 3. The molecular weight excluding hydrogens is 282 g/mol. The standard InChI is InChI=1S/C16H29N3O3/c1-5-19(9-14(20)21)12-6-11(7-12)17-15(22)18-13-8-16(13,4)10(2)3/h10-13H,5-9H2,1-4H3,(H,20,21)(H2,17,18,22). The summed E-state index contributed by atoms with van der Waals surface area (Å²) in [6.07, 6.45) is 2.72. The largest absolute Gasteiger partial charge is 0.480 e. The summed E-state index contributed by atoms with van der Waals surface area (Å²) >= 11 is 0. The second kappa shape index (κ2) is 6.44. The van der Waals surface area contributed by atoms with Crippen molar-refractivity contribution < 1.29 is 14.7 Å². The summed E-state index contributed by atoms with van der Waals surface area (Å²) in [5.41, 5.74) is 0.236. The Morgan fingerprint density at radius 3 is 2.41 bits per heavy atom. The number of carbonyl (C=O) groups excluding carboxylic acids is 1. The Bertz CT molecular complexity index is 434. The van der Waals surface area contributed by atoms with Crippen LogP contribution in [0.3, 0.4) is 0 Å². The van der Waals surface area contributed by atoms with Gasteiger partial charge in [0.15, 0.2) is 0 Å². The zero-order valence-corrected chi connectivity index (χ0v) is 14.1. The first-order chi connectivity index (χ1) is 10.3. The number of nitrogens with one attached hydrogen (secondary N) is 2. The van der Waals surface area contributed by atoms with Crippen molar-refractivity contribution in [3.8, 4) is 0 Å². The molecule has 0 aromatic carbocycles. The van der Waals surface area contributed by atoms with Crippen molar-refractivity contribution in [2.24, 2.45) is 11.3 Å². The van der Waals surface area contributed by atoms with Gasteiger partial charge in [-0.25, -0.2) is 4.79 Å². The number of carboxylic acid groups (broad SMARTS) is 1. The van der Waals surface area contributed by atoms with Crippen LogP contribution in [0.1, 0.15) is 47.0 Å². The molecule has 0 aromatic heterocycles. The van der Waals surface area contributed by atoms with Gasteiger partial charge >= 0.3 is 12.0 Å². The summed E-state index contributed by atoms with van der Waals surface area (Å²) in [5, 5.41) is 14.9. The third kappa shape index (κ3) is 3.72. The first-order valence-electron chi connectivity index (χ1n) is 8.29. The molecule has 0 aliphatic heterocycles. The van der Waals surface area contributed by atoms with Gasteiger partial charge in [0.1, 0.15) is 0 Å². The molecule has 6 heteroatoms. The predicted molar refractivity (Wildman–Crippen MR) is 84.7 cm³/mol. The van der Waals surface area contributed by atoms with Gasteiger partial charge in [0.05, 0.1) is 6.54 Å². The predicted octanol–water partition coefficient (Wildman–Crippen LogP) is 1.66. The average Bonchev–Trinajstić information content (AvgIpc) is 3.02. The van der Waals surface area contributed by atoms with Crippen molar-refractivity contribution in [3.05, 3.63) is 0 Å².